The number of nitrogens with one attached hydrogen (secondary N) is 1. The minimum atomic E-state index is 0.225. The van der Waals surface area contributed by atoms with Gasteiger partial charge in [-0.05, 0) is 20.1 Å². The molecular formula is C10H14ClN3OS. The summed E-state index contributed by atoms with van der Waals surface area (Å²) in [6.07, 6.45) is 2.90. The van der Waals surface area contributed by atoms with E-state index in [2.05, 4.69) is 15.3 Å². The van der Waals surface area contributed by atoms with Gasteiger partial charge in [-0.25, -0.2) is 9.97 Å². The molecule has 0 radical (unpaired) electrons. The fourth-order valence-electron chi connectivity index (χ4n) is 1.19. The van der Waals surface area contributed by atoms with Gasteiger partial charge in [0.2, 0.25) is 0 Å². The zero-order valence-electron chi connectivity index (χ0n) is 9.45. The Kier molecular flexibility index (Phi) is 5.02. The van der Waals surface area contributed by atoms with Gasteiger partial charge in [0.1, 0.15) is 17.3 Å². The first-order valence-corrected chi connectivity index (χ1v) is 6.49. The van der Waals surface area contributed by atoms with Crippen LogP contribution in [0.1, 0.15) is 19.4 Å². The summed E-state index contributed by atoms with van der Waals surface area (Å²) in [4.78, 5) is 19.0. The molecule has 0 fully saturated rings. The maximum Gasteiger partial charge on any atom is 0.190 e. The molecule has 1 aromatic rings. The summed E-state index contributed by atoms with van der Waals surface area (Å²) >= 11 is 7.43. The first-order valence-electron chi connectivity index (χ1n) is 4.89. The summed E-state index contributed by atoms with van der Waals surface area (Å²) in [6, 6.07) is 0.228. The molecule has 6 heteroatoms. The van der Waals surface area contributed by atoms with Crippen molar-refractivity contribution in [3.63, 3.8) is 0 Å². The summed E-state index contributed by atoms with van der Waals surface area (Å²) in [5.74, 6) is 0.645. The Bertz CT molecular complexity index is 385. The quantitative estimate of drug-likeness (QED) is 0.381. The van der Waals surface area contributed by atoms with Crippen LogP contribution in [0.4, 0.5) is 5.82 Å². The van der Waals surface area contributed by atoms with E-state index in [0.717, 1.165) is 6.29 Å². The maximum absolute atomic E-state index is 10.6. The average molecular weight is 260 g/mol. The van der Waals surface area contributed by atoms with Crippen LogP contribution in [-0.4, -0.2) is 28.6 Å². The molecule has 0 atom stereocenters. The van der Waals surface area contributed by atoms with Crippen LogP contribution < -0.4 is 5.32 Å². The van der Waals surface area contributed by atoms with Crippen molar-refractivity contribution in [3.8, 4) is 0 Å². The molecule has 1 aromatic heterocycles. The van der Waals surface area contributed by atoms with Crippen molar-refractivity contribution in [1.29, 1.82) is 0 Å². The van der Waals surface area contributed by atoms with E-state index in [0.29, 0.717) is 21.7 Å². The summed E-state index contributed by atoms with van der Waals surface area (Å²) < 4.78 is 0. The van der Waals surface area contributed by atoms with Gasteiger partial charge >= 0.3 is 0 Å². The van der Waals surface area contributed by atoms with Gasteiger partial charge in [0, 0.05) is 18.0 Å². The van der Waals surface area contributed by atoms with E-state index in [4.69, 9.17) is 11.6 Å². The number of halogens is 1. The number of carbonyl (C=O) groups is 1. The second-order valence-corrected chi connectivity index (χ2v) is 4.63. The van der Waals surface area contributed by atoms with E-state index in [1.807, 2.05) is 20.1 Å². The van der Waals surface area contributed by atoms with Crippen LogP contribution in [0.2, 0.25) is 5.15 Å². The standard InChI is InChI=1S/C10H14ClN3OS/c1-6(2)12-9-7(4-5-15)8(11)13-10(14-9)16-3/h5-6H,4H2,1-3H3,(H,12,13,14). The van der Waals surface area contributed by atoms with Crippen LogP contribution in [0, 0.1) is 0 Å². The highest BCUT2D eigenvalue weighted by molar-refractivity contribution is 7.98. The van der Waals surface area contributed by atoms with Gasteiger partial charge in [0.05, 0.1) is 0 Å². The number of rotatable bonds is 5. The topological polar surface area (TPSA) is 54.9 Å². The summed E-state index contributed by atoms with van der Waals surface area (Å²) in [5, 5.41) is 4.11. The Balaban J connectivity index is 3.16. The van der Waals surface area contributed by atoms with Crippen LogP contribution in [0.3, 0.4) is 0 Å². The van der Waals surface area contributed by atoms with Crippen LogP contribution in [0.25, 0.3) is 0 Å². The largest absolute Gasteiger partial charge is 0.367 e. The third kappa shape index (κ3) is 3.35. The van der Waals surface area contributed by atoms with Gasteiger partial charge in [-0.3, -0.25) is 0 Å². The van der Waals surface area contributed by atoms with Gasteiger partial charge < -0.3 is 10.1 Å². The molecule has 88 valence electrons. The molecule has 0 bridgehead atoms. The number of carbonyl (C=O) groups excluding carboxylic acids is 1. The summed E-state index contributed by atoms with van der Waals surface area (Å²) in [7, 11) is 0. The number of nitrogens with zero attached hydrogens (tertiary/aromatic N) is 2. The molecule has 0 aliphatic carbocycles. The van der Waals surface area contributed by atoms with Crippen molar-refractivity contribution in [2.45, 2.75) is 31.5 Å². The van der Waals surface area contributed by atoms with Crippen molar-refractivity contribution in [3.05, 3.63) is 10.7 Å². The minimum absolute atomic E-state index is 0.225. The van der Waals surface area contributed by atoms with E-state index in [-0.39, 0.29) is 12.5 Å². The second kappa shape index (κ2) is 6.06. The molecule has 16 heavy (non-hydrogen) atoms. The highest BCUT2D eigenvalue weighted by Gasteiger charge is 2.13. The molecule has 0 unspecified atom stereocenters. The lowest BCUT2D eigenvalue weighted by Gasteiger charge is -2.14. The molecule has 0 aliphatic rings. The number of aldehydes is 1. The van der Waals surface area contributed by atoms with Crippen LogP contribution in [0.5, 0.6) is 0 Å². The predicted molar refractivity (Wildman–Crippen MR) is 67.3 cm³/mol. The lowest BCUT2D eigenvalue weighted by atomic mass is 10.2. The van der Waals surface area contributed by atoms with Gasteiger partial charge in [-0.1, -0.05) is 23.4 Å². The third-order valence-electron chi connectivity index (χ3n) is 1.83. The predicted octanol–water partition coefficient (Wildman–Crippen LogP) is 2.41. The lowest BCUT2D eigenvalue weighted by Crippen LogP contribution is -2.14. The second-order valence-electron chi connectivity index (χ2n) is 3.50. The van der Waals surface area contributed by atoms with E-state index in [1.54, 1.807) is 0 Å². The summed E-state index contributed by atoms with van der Waals surface area (Å²) in [5.41, 5.74) is 0.656. The molecule has 1 heterocycles. The van der Waals surface area contributed by atoms with Gasteiger partial charge in [-0.2, -0.15) is 0 Å². The number of hydrogen-bond donors (Lipinski definition) is 1. The van der Waals surface area contributed by atoms with Gasteiger partial charge in [0.15, 0.2) is 5.16 Å². The van der Waals surface area contributed by atoms with Crippen LogP contribution >= 0.6 is 23.4 Å². The Morgan fingerprint density at radius 1 is 1.50 bits per heavy atom. The van der Waals surface area contributed by atoms with Crippen LogP contribution in [0.15, 0.2) is 5.16 Å². The molecule has 0 aromatic carbocycles. The first-order chi connectivity index (χ1) is 7.58. The van der Waals surface area contributed by atoms with E-state index >= 15 is 0 Å². The molecule has 0 saturated carbocycles. The fourth-order valence-corrected chi connectivity index (χ4v) is 1.85. The molecule has 0 amide bonds. The number of thioether (sulfide) groups is 1. The molecule has 1 rings (SSSR count). The van der Waals surface area contributed by atoms with Gasteiger partial charge in [0.25, 0.3) is 0 Å². The van der Waals surface area contributed by atoms with Crippen molar-refractivity contribution in [2.24, 2.45) is 0 Å². The Morgan fingerprint density at radius 2 is 2.19 bits per heavy atom. The maximum atomic E-state index is 10.6. The molecule has 0 aliphatic heterocycles. The zero-order chi connectivity index (χ0) is 12.1. The van der Waals surface area contributed by atoms with Gasteiger partial charge in [-0.15, -0.1) is 0 Å². The number of hydrogen-bond acceptors (Lipinski definition) is 5. The van der Waals surface area contributed by atoms with E-state index < -0.39 is 0 Å². The Morgan fingerprint density at radius 3 is 2.69 bits per heavy atom. The average Bonchev–Trinajstić information content (AvgIpc) is 2.22. The molecular weight excluding hydrogens is 246 g/mol. The smallest absolute Gasteiger partial charge is 0.190 e. The molecule has 1 N–H and O–H groups in total. The highest BCUT2D eigenvalue weighted by Crippen LogP contribution is 2.24. The third-order valence-corrected chi connectivity index (χ3v) is 2.69. The fraction of sp³-hybridized carbons (Fsp3) is 0.500. The number of aromatic nitrogens is 2. The Hall–Kier alpha value is -0.810. The highest BCUT2D eigenvalue weighted by atomic mass is 35.5. The van der Waals surface area contributed by atoms with E-state index in [9.17, 15) is 4.79 Å². The number of anilines is 1. The molecule has 0 saturated heterocycles. The van der Waals surface area contributed by atoms with E-state index in [1.165, 1.54) is 11.8 Å². The summed E-state index contributed by atoms with van der Waals surface area (Å²) in [6.45, 7) is 4.00. The monoisotopic (exact) mass is 259 g/mol. The molecule has 0 spiro atoms. The van der Waals surface area contributed by atoms with Crippen molar-refractivity contribution < 1.29 is 4.79 Å². The molecule has 4 nitrogen and oxygen atoms in total. The van der Waals surface area contributed by atoms with Crippen LogP contribution in [-0.2, 0) is 11.2 Å². The zero-order valence-corrected chi connectivity index (χ0v) is 11.0. The minimum Gasteiger partial charge on any atom is -0.367 e. The lowest BCUT2D eigenvalue weighted by molar-refractivity contribution is -0.107. The first kappa shape index (κ1) is 13.3. The van der Waals surface area contributed by atoms with Crippen molar-refractivity contribution >= 4 is 35.5 Å². The normalized spacial score (nSPS) is 10.6. The Labute approximate surface area is 104 Å². The SMILES string of the molecule is CSc1nc(Cl)c(CC=O)c(NC(C)C)n1. The van der Waals surface area contributed by atoms with Crippen molar-refractivity contribution in [2.75, 3.05) is 11.6 Å². The van der Waals surface area contributed by atoms with Crippen molar-refractivity contribution in [1.82, 2.24) is 9.97 Å².